The van der Waals surface area contributed by atoms with Gasteiger partial charge < -0.3 is 10.1 Å². The van der Waals surface area contributed by atoms with E-state index in [1.54, 1.807) is 13.1 Å². The number of halogens is 2. The topological polar surface area (TPSA) is 70.2 Å². The van der Waals surface area contributed by atoms with Crippen molar-refractivity contribution in [3.05, 3.63) is 47.3 Å². The van der Waals surface area contributed by atoms with Gasteiger partial charge in [-0.15, -0.1) is 0 Å². The van der Waals surface area contributed by atoms with Crippen LogP contribution in [-0.2, 0) is 11.3 Å². The molecule has 1 aromatic carbocycles. The predicted octanol–water partition coefficient (Wildman–Crippen LogP) is 2.94. The molecule has 1 aliphatic heterocycles. The first-order valence-corrected chi connectivity index (χ1v) is 8.70. The fourth-order valence-corrected chi connectivity index (χ4v) is 3.19. The second-order valence-corrected chi connectivity index (χ2v) is 6.34. The van der Waals surface area contributed by atoms with Gasteiger partial charge in [-0.2, -0.15) is 5.10 Å². The Morgan fingerprint density at radius 3 is 3.04 bits per heavy atom. The minimum atomic E-state index is -0.861. The molecule has 0 spiro atoms. The van der Waals surface area contributed by atoms with E-state index in [-0.39, 0.29) is 6.04 Å². The lowest BCUT2D eigenvalue weighted by Crippen LogP contribution is -2.41. The molecule has 1 saturated heterocycles. The van der Waals surface area contributed by atoms with Gasteiger partial charge in [-0.05, 0) is 38.4 Å². The van der Waals surface area contributed by atoms with E-state index in [1.165, 1.54) is 12.1 Å². The van der Waals surface area contributed by atoms with Gasteiger partial charge in [0.1, 0.15) is 5.69 Å². The van der Waals surface area contributed by atoms with E-state index >= 15 is 0 Å². The summed E-state index contributed by atoms with van der Waals surface area (Å²) in [5, 5.41) is 9.90. The maximum absolute atomic E-state index is 13.4. The van der Waals surface area contributed by atoms with Crippen LogP contribution in [0.25, 0.3) is 0 Å². The van der Waals surface area contributed by atoms with Crippen molar-refractivity contribution in [2.45, 2.75) is 32.4 Å². The number of hydrogen-bond donors (Lipinski definition) is 2. The maximum atomic E-state index is 13.4. The van der Waals surface area contributed by atoms with Crippen molar-refractivity contribution in [2.24, 2.45) is 0 Å². The molecular weight excluding hydrogens is 342 g/mol. The molecule has 6 nitrogen and oxygen atoms in total. The zero-order valence-corrected chi connectivity index (χ0v) is 14.6. The molecule has 0 radical (unpaired) electrons. The van der Waals surface area contributed by atoms with Crippen molar-refractivity contribution in [1.29, 1.82) is 0 Å². The number of esters is 1. The van der Waals surface area contributed by atoms with Crippen molar-refractivity contribution < 1.29 is 18.3 Å². The van der Waals surface area contributed by atoms with E-state index in [2.05, 4.69) is 20.4 Å². The van der Waals surface area contributed by atoms with Crippen molar-refractivity contribution >= 4 is 11.7 Å². The van der Waals surface area contributed by atoms with E-state index in [4.69, 9.17) is 4.74 Å². The number of rotatable bonds is 6. The van der Waals surface area contributed by atoms with Gasteiger partial charge in [-0.25, -0.2) is 13.6 Å². The third-order valence-corrected chi connectivity index (χ3v) is 4.39. The van der Waals surface area contributed by atoms with Gasteiger partial charge in [0, 0.05) is 36.4 Å². The van der Waals surface area contributed by atoms with Crippen LogP contribution in [0.3, 0.4) is 0 Å². The summed E-state index contributed by atoms with van der Waals surface area (Å²) in [7, 11) is 0. The van der Waals surface area contributed by atoms with Gasteiger partial charge in [0.25, 0.3) is 0 Å². The number of anilines is 1. The fourth-order valence-electron chi connectivity index (χ4n) is 3.19. The molecule has 0 saturated carbocycles. The summed E-state index contributed by atoms with van der Waals surface area (Å²) in [5.74, 6) is -2.12. The van der Waals surface area contributed by atoms with Gasteiger partial charge in [-0.3, -0.25) is 10.00 Å². The third-order valence-electron chi connectivity index (χ3n) is 4.39. The number of aromatic nitrogens is 2. The molecule has 2 aromatic rings. The molecule has 0 aliphatic carbocycles. The molecule has 0 amide bonds. The second-order valence-electron chi connectivity index (χ2n) is 6.34. The molecule has 0 bridgehead atoms. The Bertz CT molecular complexity index is 765. The number of carbonyl (C=O) groups is 1. The average molecular weight is 364 g/mol. The molecule has 0 unspecified atom stereocenters. The molecule has 2 N–H and O–H groups in total. The first-order valence-electron chi connectivity index (χ1n) is 8.70. The summed E-state index contributed by atoms with van der Waals surface area (Å²) >= 11 is 0. The molecular formula is C18H22F2N4O2. The Labute approximate surface area is 150 Å². The van der Waals surface area contributed by atoms with Crippen LogP contribution in [-0.4, -0.2) is 46.8 Å². The lowest BCUT2D eigenvalue weighted by Gasteiger charge is -2.33. The summed E-state index contributed by atoms with van der Waals surface area (Å²) in [6.07, 6.45) is 3.54. The number of nitrogens with one attached hydrogen (secondary N) is 2. The van der Waals surface area contributed by atoms with Gasteiger partial charge in [0.2, 0.25) is 0 Å². The Morgan fingerprint density at radius 2 is 2.27 bits per heavy atom. The summed E-state index contributed by atoms with van der Waals surface area (Å²) in [6, 6.07) is 3.94. The van der Waals surface area contributed by atoms with E-state index < -0.39 is 17.6 Å². The SMILES string of the molecule is CCOC(=O)c1[nH]ncc1CN1CCC[C@H](Nc2ccc(F)c(F)c2)C1. The number of H-pyrrole nitrogens is 1. The van der Waals surface area contributed by atoms with Gasteiger partial charge in [0.15, 0.2) is 11.6 Å². The second kappa shape index (κ2) is 8.27. The quantitative estimate of drug-likeness (QED) is 0.772. The molecule has 1 atom stereocenters. The maximum Gasteiger partial charge on any atom is 0.356 e. The number of ether oxygens (including phenoxy) is 1. The molecule has 3 rings (SSSR count). The lowest BCUT2D eigenvalue weighted by atomic mass is 10.0. The Morgan fingerprint density at radius 1 is 1.42 bits per heavy atom. The van der Waals surface area contributed by atoms with Crippen LogP contribution in [0.4, 0.5) is 14.5 Å². The molecule has 2 heterocycles. The first-order chi connectivity index (χ1) is 12.6. The fraction of sp³-hybridized carbons (Fsp3) is 0.444. The number of hydrogen-bond acceptors (Lipinski definition) is 5. The monoisotopic (exact) mass is 364 g/mol. The summed E-state index contributed by atoms with van der Waals surface area (Å²) in [6.45, 7) is 4.25. The number of nitrogens with zero attached hydrogens (tertiary/aromatic N) is 2. The van der Waals surface area contributed by atoms with Gasteiger partial charge in [0.05, 0.1) is 12.8 Å². The largest absolute Gasteiger partial charge is 0.461 e. The van der Waals surface area contributed by atoms with Crippen LogP contribution in [0.15, 0.2) is 24.4 Å². The highest BCUT2D eigenvalue weighted by atomic mass is 19.2. The van der Waals surface area contributed by atoms with Gasteiger partial charge in [-0.1, -0.05) is 0 Å². The smallest absolute Gasteiger partial charge is 0.356 e. The van der Waals surface area contributed by atoms with Crippen LogP contribution < -0.4 is 5.32 Å². The predicted molar refractivity (Wildman–Crippen MR) is 92.8 cm³/mol. The highest BCUT2D eigenvalue weighted by Crippen LogP contribution is 2.20. The standard InChI is InChI=1S/C18H22F2N4O2/c1-2-26-18(25)17-12(9-21-23-17)10-24-7-3-4-14(11-24)22-13-5-6-15(19)16(20)8-13/h5-6,8-9,14,22H,2-4,7,10-11H2,1H3,(H,21,23)/t14-/m0/s1. The Hall–Kier alpha value is -2.48. The molecule has 1 aromatic heterocycles. The van der Waals surface area contributed by atoms with Crippen LogP contribution in [0.1, 0.15) is 35.8 Å². The number of likely N-dealkylation sites (tertiary alicyclic amines) is 1. The summed E-state index contributed by atoms with van der Waals surface area (Å²) in [4.78, 5) is 14.1. The van der Waals surface area contributed by atoms with Crippen molar-refractivity contribution in [1.82, 2.24) is 15.1 Å². The molecule has 1 fully saturated rings. The summed E-state index contributed by atoms with van der Waals surface area (Å²) in [5.41, 5.74) is 1.73. The highest BCUT2D eigenvalue weighted by Gasteiger charge is 2.23. The first kappa shape index (κ1) is 18.3. The highest BCUT2D eigenvalue weighted by molar-refractivity contribution is 5.88. The number of piperidine rings is 1. The van der Waals surface area contributed by atoms with Crippen molar-refractivity contribution in [3.63, 3.8) is 0 Å². The van der Waals surface area contributed by atoms with Crippen LogP contribution in [0, 0.1) is 11.6 Å². The lowest BCUT2D eigenvalue weighted by molar-refractivity contribution is 0.0516. The Kier molecular flexibility index (Phi) is 5.82. The zero-order valence-electron chi connectivity index (χ0n) is 14.6. The molecule has 140 valence electrons. The van der Waals surface area contributed by atoms with Gasteiger partial charge >= 0.3 is 5.97 Å². The molecule has 8 heteroatoms. The number of carbonyl (C=O) groups excluding carboxylic acids is 1. The molecule has 26 heavy (non-hydrogen) atoms. The Balaban J connectivity index is 1.61. The van der Waals surface area contributed by atoms with E-state index in [0.29, 0.717) is 24.5 Å². The molecule has 1 aliphatic rings. The minimum absolute atomic E-state index is 0.117. The van der Waals surface area contributed by atoms with Crippen LogP contribution in [0.5, 0.6) is 0 Å². The van der Waals surface area contributed by atoms with Crippen molar-refractivity contribution in [2.75, 3.05) is 25.0 Å². The number of benzene rings is 1. The normalized spacial score (nSPS) is 17.9. The minimum Gasteiger partial charge on any atom is -0.461 e. The third kappa shape index (κ3) is 4.37. The number of aromatic amines is 1. The van der Waals surface area contributed by atoms with E-state index in [1.807, 2.05) is 0 Å². The van der Waals surface area contributed by atoms with E-state index in [9.17, 15) is 13.6 Å². The van der Waals surface area contributed by atoms with Crippen LogP contribution >= 0.6 is 0 Å². The average Bonchev–Trinajstić information content (AvgIpc) is 3.07. The summed E-state index contributed by atoms with van der Waals surface area (Å²) < 4.78 is 31.4. The van der Waals surface area contributed by atoms with E-state index in [0.717, 1.165) is 37.6 Å². The van der Waals surface area contributed by atoms with Crippen molar-refractivity contribution in [3.8, 4) is 0 Å². The van der Waals surface area contributed by atoms with Crippen LogP contribution in [0.2, 0.25) is 0 Å². The zero-order chi connectivity index (χ0) is 18.5.